The molecule has 0 spiro atoms. The van der Waals surface area contributed by atoms with E-state index in [1.54, 1.807) is 24.5 Å². The SMILES string of the molecule is CON1C(=O)CC(c2cccnc2)C1=O. The Morgan fingerprint density at radius 1 is 1.53 bits per heavy atom. The number of carbonyl (C=O) groups excluding carboxylic acids is 2. The molecule has 0 bridgehead atoms. The summed E-state index contributed by atoms with van der Waals surface area (Å²) in [5, 5.41) is 0.803. The zero-order valence-corrected chi connectivity index (χ0v) is 8.21. The largest absolute Gasteiger partial charge is 0.272 e. The van der Waals surface area contributed by atoms with Gasteiger partial charge in [0.15, 0.2) is 0 Å². The molecule has 2 rings (SSSR count). The average molecular weight is 206 g/mol. The van der Waals surface area contributed by atoms with Gasteiger partial charge >= 0.3 is 0 Å². The van der Waals surface area contributed by atoms with Crippen LogP contribution >= 0.6 is 0 Å². The highest BCUT2D eigenvalue weighted by Gasteiger charge is 2.40. The standard InChI is InChI=1S/C10H10N2O3/c1-15-12-9(13)5-8(10(12)14)7-3-2-4-11-6-7/h2-4,6,8H,5H2,1H3. The zero-order valence-electron chi connectivity index (χ0n) is 8.21. The van der Waals surface area contributed by atoms with E-state index in [-0.39, 0.29) is 18.2 Å². The van der Waals surface area contributed by atoms with Gasteiger partial charge in [0, 0.05) is 18.8 Å². The predicted octanol–water partition coefficient (Wildman–Crippen LogP) is 0.485. The number of imide groups is 1. The van der Waals surface area contributed by atoms with Crippen molar-refractivity contribution in [1.29, 1.82) is 0 Å². The fraction of sp³-hybridized carbons (Fsp3) is 0.300. The lowest BCUT2D eigenvalue weighted by atomic mass is 10.00. The first-order chi connectivity index (χ1) is 7.24. The highest BCUT2D eigenvalue weighted by Crippen LogP contribution is 2.28. The molecule has 1 aromatic heterocycles. The molecule has 2 amide bonds. The maximum absolute atomic E-state index is 11.7. The second kappa shape index (κ2) is 3.78. The summed E-state index contributed by atoms with van der Waals surface area (Å²) in [5.74, 6) is -1.09. The van der Waals surface area contributed by atoms with E-state index >= 15 is 0 Å². The second-order valence-electron chi connectivity index (χ2n) is 3.25. The second-order valence-corrected chi connectivity index (χ2v) is 3.25. The maximum Gasteiger partial charge on any atom is 0.261 e. The zero-order chi connectivity index (χ0) is 10.8. The monoisotopic (exact) mass is 206 g/mol. The number of rotatable bonds is 2. The maximum atomic E-state index is 11.7. The molecule has 0 aliphatic carbocycles. The van der Waals surface area contributed by atoms with Crippen molar-refractivity contribution in [3.63, 3.8) is 0 Å². The van der Waals surface area contributed by atoms with E-state index in [0.29, 0.717) is 0 Å². The average Bonchev–Trinajstić information content (AvgIpc) is 2.55. The van der Waals surface area contributed by atoms with E-state index in [9.17, 15) is 9.59 Å². The fourth-order valence-electron chi connectivity index (χ4n) is 1.64. The van der Waals surface area contributed by atoms with Gasteiger partial charge in [-0.25, -0.2) is 0 Å². The molecule has 0 saturated carbocycles. The van der Waals surface area contributed by atoms with Crippen LogP contribution in [0, 0.1) is 0 Å². The lowest BCUT2D eigenvalue weighted by molar-refractivity contribution is -0.179. The van der Waals surface area contributed by atoms with Crippen LogP contribution in [-0.2, 0) is 14.4 Å². The number of nitrogens with zero attached hydrogens (tertiary/aromatic N) is 2. The van der Waals surface area contributed by atoms with Gasteiger partial charge in [-0.15, -0.1) is 0 Å². The minimum Gasteiger partial charge on any atom is -0.272 e. The molecule has 78 valence electrons. The van der Waals surface area contributed by atoms with Crippen LogP contribution in [0.3, 0.4) is 0 Å². The third-order valence-corrected chi connectivity index (χ3v) is 2.37. The smallest absolute Gasteiger partial charge is 0.261 e. The lowest BCUT2D eigenvalue weighted by Crippen LogP contribution is -2.28. The Morgan fingerprint density at radius 2 is 2.33 bits per heavy atom. The van der Waals surface area contributed by atoms with Gasteiger partial charge in [-0.3, -0.25) is 19.4 Å². The number of carbonyl (C=O) groups is 2. The normalized spacial score (nSPS) is 21.1. The van der Waals surface area contributed by atoms with Crippen LogP contribution in [0.2, 0.25) is 0 Å². The summed E-state index contributed by atoms with van der Waals surface area (Å²) in [6.07, 6.45) is 3.37. The van der Waals surface area contributed by atoms with Crippen molar-refractivity contribution in [1.82, 2.24) is 10.0 Å². The van der Waals surface area contributed by atoms with E-state index < -0.39 is 5.92 Å². The lowest BCUT2D eigenvalue weighted by Gasteiger charge is -2.10. The van der Waals surface area contributed by atoms with Crippen LogP contribution in [0.5, 0.6) is 0 Å². The highest BCUT2D eigenvalue weighted by molar-refractivity contribution is 6.05. The van der Waals surface area contributed by atoms with Crippen molar-refractivity contribution in [3.8, 4) is 0 Å². The van der Waals surface area contributed by atoms with Gasteiger partial charge in [0.2, 0.25) is 0 Å². The number of hydrogen-bond donors (Lipinski definition) is 0. The van der Waals surface area contributed by atoms with Gasteiger partial charge in [0.1, 0.15) is 0 Å². The Morgan fingerprint density at radius 3 is 2.87 bits per heavy atom. The van der Waals surface area contributed by atoms with Gasteiger partial charge < -0.3 is 0 Å². The summed E-state index contributed by atoms with van der Waals surface area (Å²) in [5.41, 5.74) is 0.746. The molecule has 0 radical (unpaired) electrons. The van der Waals surface area contributed by atoms with Crippen LogP contribution in [0.25, 0.3) is 0 Å². The van der Waals surface area contributed by atoms with E-state index in [0.717, 1.165) is 10.6 Å². The molecule has 1 unspecified atom stereocenters. The van der Waals surface area contributed by atoms with Gasteiger partial charge in [-0.05, 0) is 11.6 Å². The number of aromatic nitrogens is 1. The van der Waals surface area contributed by atoms with E-state index in [1.807, 2.05) is 0 Å². The van der Waals surface area contributed by atoms with E-state index in [1.165, 1.54) is 7.11 Å². The Bertz CT molecular complexity index is 391. The van der Waals surface area contributed by atoms with Crippen molar-refractivity contribution in [2.45, 2.75) is 12.3 Å². The van der Waals surface area contributed by atoms with Gasteiger partial charge in [0.25, 0.3) is 11.8 Å². The van der Waals surface area contributed by atoms with Crippen LogP contribution in [0.1, 0.15) is 17.9 Å². The van der Waals surface area contributed by atoms with Gasteiger partial charge in [-0.1, -0.05) is 6.07 Å². The Hall–Kier alpha value is -1.75. The van der Waals surface area contributed by atoms with Crippen molar-refractivity contribution >= 4 is 11.8 Å². The Kier molecular flexibility index (Phi) is 2.47. The molecular formula is C10H10N2O3. The van der Waals surface area contributed by atoms with Crippen molar-refractivity contribution in [2.75, 3.05) is 7.11 Å². The topological polar surface area (TPSA) is 59.5 Å². The molecule has 1 aliphatic rings. The molecule has 5 nitrogen and oxygen atoms in total. The molecule has 1 aliphatic heterocycles. The molecule has 1 atom stereocenters. The van der Waals surface area contributed by atoms with Crippen molar-refractivity contribution < 1.29 is 14.4 Å². The first-order valence-corrected chi connectivity index (χ1v) is 4.55. The summed E-state index contributed by atoms with van der Waals surface area (Å²) >= 11 is 0. The molecule has 2 heterocycles. The summed E-state index contributed by atoms with van der Waals surface area (Å²) in [6, 6.07) is 3.52. The van der Waals surface area contributed by atoms with Crippen LogP contribution in [0.15, 0.2) is 24.5 Å². The molecule has 1 aromatic rings. The fourth-order valence-corrected chi connectivity index (χ4v) is 1.64. The van der Waals surface area contributed by atoms with E-state index in [2.05, 4.69) is 4.98 Å². The third-order valence-electron chi connectivity index (χ3n) is 2.37. The summed E-state index contributed by atoms with van der Waals surface area (Å²) < 4.78 is 0. The number of hydrogen-bond acceptors (Lipinski definition) is 4. The number of pyridine rings is 1. The molecule has 1 fully saturated rings. The molecular weight excluding hydrogens is 196 g/mol. The molecule has 5 heteroatoms. The first-order valence-electron chi connectivity index (χ1n) is 4.55. The van der Waals surface area contributed by atoms with Crippen LogP contribution in [-0.4, -0.2) is 29.0 Å². The molecule has 15 heavy (non-hydrogen) atoms. The highest BCUT2D eigenvalue weighted by atomic mass is 16.7. The van der Waals surface area contributed by atoms with Crippen LogP contribution < -0.4 is 0 Å². The Balaban J connectivity index is 2.27. The number of amides is 2. The van der Waals surface area contributed by atoms with Crippen molar-refractivity contribution in [2.24, 2.45) is 0 Å². The van der Waals surface area contributed by atoms with Crippen molar-refractivity contribution in [3.05, 3.63) is 30.1 Å². The van der Waals surface area contributed by atoms with E-state index in [4.69, 9.17) is 4.84 Å². The minimum atomic E-state index is -0.453. The molecule has 0 N–H and O–H groups in total. The van der Waals surface area contributed by atoms with Gasteiger partial charge in [0.05, 0.1) is 13.0 Å². The quantitative estimate of drug-likeness (QED) is 0.660. The predicted molar refractivity (Wildman–Crippen MR) is 50.5 cm³/mol. The Labute approximate surface area is 86.6 Å². The summed E-state index contributed by atoms with van der Waals surface area (Å²) in [4.78, 5) is 31.7. The third kappa shape index (κ3) is 1.61. The van der Waals surface area contributed by atoms with Gasteiger partial charge in [-0.2, -0.15) is 5.06 Å². The summed E-state index contributed by atoms with van der Waals surface area (Å²) in [7, 11) is 1.31. The van der Waals surface area contributed by atoms with Crippen LogP contribution in [0.4, 0.5) is 0 Å². The molecule has 0 aromatic carbocycles. The molecule has 1 saturated heterocycles. The summed E-state index contributed by atoms with van der Waals surface area (Å²) in [6.45, 7) is 0. The first kappa shape index (κ1) is 9.79. The minimum absolute atomic E-state index is 0.151. The number of hydroxylamine groups is 2.